The summed E-state index contributed by atoms with van der Waals surface area (Å²) in [7, 11) is -3.73. The summed E-state index contributed by atoms with van der Waals surface area (Å²) in [4.78, 5) is 24.1. The largest absolute Gasteiger partial charge is 0.452 e. The third-order valence-electron chi connectivity index (χ3n) is 4.57. The Morgan fingerprint density at radius 2 is 1.45 bits per heavy atom. The fourth-order valence-corrected chi connectivity index (χ4v) is 3.33. The van der Waals surface area contributed by atoms with Gasteiger partial charge >= 0.3 is 5.97 Å². The van der Waals surface area contributed by atoms with Crippen molar-refractivity contribution in [3.8, 4) is 11.8 Å². The maximum Gasteiger partial charge on any atom is 0.338 e. The molecule has 0 saturated carbocycles. The van der Waals surface area contributed by atoms with Gasteiger partial charge in [0, 0.05) is 17.7 Å². The molecule has 1 amide bonds. The molecule has 7 nitrogen and oxygen atoms in total. The van der Waals surface area contributed by atoms with Gasteiger partial charge in [-0.3, -0.25) is 4.79 Å². The van der Waals surface area contributed by atoms with Crippen molar-refractivity contribution < 1.29 is 22.7 Å². The molecule has 0 atom stereocenters. The van der Waals surface area contributed by atoms with Gasteiger partial charge < -0.3 is 10.1 Å². The summed E-state index contributed by atoms with van der Waals surface area (Å²) in [5, 5.41) is 7.70. The first kappa shape index (κ1) is 23.7. The van der Waals surface area contributed by atoms with Gasteiger partial charge in [-0.05, 0) is 60.5 Å². The normalized spacial score (nSPS) is 10.6. The number of sulfonamides is 1. The highest BCUT2D eigenvalue weighted by atomic mass is 32.2. The summed E-state index contributed by atoms with van der Waals surface area (Å²) in [5.41, 5.74) is 2.80. The maximum atomic E-state index is 12.2. The number of carbonyl (C=O) groups is 2. The van der Waals surface area contributed by atoms with Gasteiger partial charge in [0.25, 0.3) is 5.91 Å². The van der Waals surface area contributed by atoms with E-state index in [-0.39, 0.29) is 4.90 Å². The number of nitrogens with one attached hydrogen (secondary N) is 1. The van der Waals surface area contributed by atoms with Crippen LogP contribution in [0, 0.1) is 11.8 Å². The molecule has 0 spiro atoms. The first-order chi connectivity index (χ1) is 15.8. The highest BCUT2D eigenvalue weighted by Crippen LogP contribution is 2.09. The molecular formula is C25H22N2O5S. The number of benzene rings is 3. The molecule has 33 heavy (non-hydrogen) atoms. The summed E-state index contributed by atoms with van der Waals surface area (Å²) in [6.45, 7) is -0.0986. The third-order valence-corrected chi connectivity index (χ3v) is 5.50. The van der Waals surface area contributed by atoms with Crippen LogP contribution in [0.4, 0.5) is 0 Å². The van der Waals surface area contributed by atoms with Gasteiger partial charge in [0.2, 0.25) is 10.0 Å². The first-order valence-electron chi connectivity index (χ1n) is 10.0. The lowest BCUT2D eigenvalue weighted by molar-refractivity contribution is -0.124. The lowest BCUT2D eigenvalue weighted by Crippen LogP contribution is -2.30. The van der Waals surface area contributed by atoms with E-state index in [2.05, 4.69) is 17.2 Å². The number of hydrogen-bond acceptors (Lipinski definition) is 5. The van der Waals surface area contributed by atoms with Gasteiger partial charge in [0.1, 0.15) is 0 Å². The molecule has 0 bridgehead atoms. The van der Waals surface area contributed by atoms with Crippen LogP contribution in [0.5, 0.6) is 0 Å². The summed E-state index contributed by atoms with van der Waals surface area (Å²) < 4.78 is 27.5. The number of nitrogens with two attached hydrogens (primary N) is 1. The molecule has 3 N–H and O–H groups in total. The van der Waals surface area contributed by atoms with Crippen LogP contribution in [0.3, 0.4) is 0 Å². The quantitative estimate of drug-likeness (QED) is 0.413. The minimum absolute atomic E-state index is 0.0264. The predicted octanol–water partition coefficient (Wildman–Crippen LogP) is 2.25. The van der Waals surface area contributed by atoms with E-state index in [0.717, 1.165) is 16.7 Å². The highest BCUT2D eigenvalue weighted by molar-refractivity contribution is 7.89. The van der Waals surface area contributed by atoms with Crippen molar-refractivity contribution in [1.82, 2.24) is 5.32 Å². The van der Waals surface area contributed by atoms with Crippen LogP contribution in [-0.2, 0) is 26.0 Å². The van der Waals surface area contributed by atoms with Gasteiger partial charge in [-0.15, -0.1) is 0 Å². The molecule has 3 aromatic rings. The van der Waals surface area contributed by atoms with E-state index in [4.69, 9.17) is 9.88 Å². The lowest BCUT2D eigenvalue weighted by atomic mass is 10.1. The van der Waals surface area contributed by atoms with E-state index in [9.17, 15) is 18.0 Å². The Labute approximate surface area is 192 Å². The van der Waals surface area contributed by atoms with Crippen molar-refractivity contribution in [3.63, 3.8) is 0 Å². The summed E-state index contributed by atoms with van der Waals surface area (Å²) in [6, 6.07) is 22.3. The van der Waals surface area contributed by atoms with Crippen LogP contribution in [0.25, 0.3) is 0 Å². The molecular weight excluding hydrogens is 440 g/mol. The Morgan fingerprint density at radius 1 is 0.848 bits per heavy atom. The number of hydrogen-bond donors (Lipinski definition) is 2. The van der Waals surface area contributed by atoms with Crippen molar-refractivity contribution >= 4 is 21.9 Å². The van der Waals surface area contributed by atoms with Crippen LogP contribution in [-0.4, -0.2) is 33.4 Å². The van der Waals surface area contributed by atoms with Crippen molar-refractivity contribution in [2.24, 2.45) is 5.14 Å². The second kappa shape index (κ2) is 11.1. The zero-order valence-corrected chi connectivity index (χ0v) is 18.5. The van der Waals surface area contributed by atoms with Crippen LogP contribution < -0.4 is 10.5 Å². The van der Waals surface area contributed by atoms with Gasteiger partial charge in [-0.1, -0.05) is 42.2 Å². The van der Waals surface area contributed by atoms with E-state index >= 15 is 0 Å². The standard InChI is InChI=1S/C25H22N2O5S/c26-33(30,31)23-14-10-21(11-15-23)16-17-27-24(28)18-32-25(29)22-12-8-20(9-13-22)7-6-19-4-2-1-3-5-19/h1-5,8-15H,16-18H2,(H,27,28)(H2,26,30,31). The van der Waals surface area contributed by atoms with Crippen molar-refractivity contribution in [1.29, 1.82) is 0 Å². The minimum atomic E-state index is -3.73. The van der Waals surface area contributed by atoms with Crippen LogP contribution in [0.15, 0.2) is 83.8 Å². The molecule has 168 valence electrons. The Hall–Kier alpha value is -3.93. The zero-order chi connectivity index (χ0) is 23.7. The van der Waals surface area contributed by atoms with Crippen LogP contribution in [0.2, 0.25) is 0 Å². The fraction of sp³-hybridized carbons (Fsp3) is 0.120. The molecule has 0 unspecified atom stereocenters. The van der Waals surface area contributed by atoms with Gasteiger partial charge in [-0.2, -0.15) is 0 Å². The van der Waals surface area contributed by atoms with Gasteiger partial charge in [0.05, 0.1) is 10.5 Å². The van der Waals surface area contributed by atoms with Crippen molar-refractivity contribution in [2.45, 2.75) is 11.3 Å². The molecule has 3 aromatic carbocycles. The predicted molar refractivity (Wildman–Crippen MR) is 124 cm³/mol. The number of primary sulfonamides is 1. The molecule has 0 aliphatic heterocycles. The SMILES string of the molecule is NS(=O)(=O)c1ccc(CCNC(=O)COC(=O)c2ccc(C#Cc3ccccc3)cc2)cc1. The molecule has 8 heteroatoms. The van der Waals surface area contributed by atoms with Gasteiger partial charge in [-0.25, -0.2) is 18.4 Å². The Bertz CT molecular complexity index is 1270. The third kappa shape index (κ3) is 7.61. The number of esters is 1. The molecule has 3 rings (SSSR count). The second-order valence-electron chi connectivity index (χ2n) is 7.06. The van der Waals surface area contributed by atoms with Crippen LogP contribution >= 0.6 is 0 Å². The summed E-state index contributed by atoms with van der Waals surface area (Å²) in [6.07, 6.45) is 0.482. The van der Waals surface area contributed by atoms with Gasteiger partial charge in [0.15, 0.2) is 6.61 Å². The fourth-order valence-electron chi connectivity index (χ4n) is 2.81. The summed E-state index contributed by atoms with van der Waals surface area (Å²) >= 11 is 0. The lowest BCUT2D eigenvalue weighted by Gasteiger charge is -2.07. The Balaban J connectivity index is 1.42. The molecule has 0 aliphatic rings. The van der Waals surface area contributed by atoms with E-state index in [0.29, 0.717) is 18.5 Å². The van der Waals surface area contributed by atoms with E-state index < -0.39 is 28.5 Å². The zero-order valence-electron chi connectivity index (χ0n) is 17.7. The maximum absolute atomic E-state index is 12.2. The average molecular weight is 463 g/mol. The molecule has 0 heterocycles. The molecule has 0 fully saturated rings. The van der Waals surface area contributed by atoms with E-state index in [1.54, 1.807) is 36.4 Å². The smallest absolute Gasteiger partial charge is 0.338 e. The van der Waals surface area contributed by atoms with Crippen LogP contribution in [0.1, 0.15) is 27.0 Å². The number of amides is 1. The summed E-state index contributed by atoms with van der Waals surface area (Å²) in [5.74, 6) is 5.02. The topological polar surface area (TPSA) is 116 Å². The molecule has 0 saturated heterocycles. The Kier molecular flexibility index (Phi) is 7.97. The van der Waals surface area contributed by atoms with E-state index in [1.165, 1.54) is 12.1 Å². The highest BCUT2D eigenvalue weighted by Gasteiger charge is 2.10. The molecule has 0 aromatic heterocycles. The molecule has 0 aliphatic carbocycles. The van der Waals surface area contributed by atoms with E-state index in [1.807, 2.05) is 30.3 Å². The first-order valence-corrected chi connectivity index (χ1v) is 11.6. The molecule has 0 radical (unpaired) electrons. The number of ether oxygens (including phenoxy) is 1. The monoisotopic (exact) mass is 462 g/mol. The minimum Gasteiger partial charge on any atom is -0.452 e. The second-order valence-corrected chi connectivity index (χ2v) is 8.62. The van der Waals surface area contributed by atoms with Crippen molar-refractivity contribution in [2.75, 3.05) is 13.2 Å². The Morgan fingerprint density at radius 3 is 2.06 bits per heavy atom. The average Bonchev–Trinajstić information content (AvgIpc) is 2.82. The van der Waals surface area contributed by atoms with Crippen molar-refractivity contribution in [3.05, 3.63) is 101 Å². The number of carbonyl (C=O) groups excluding carboxylic acids is 2. The number of rotatable bonds is 7.